The van der Waals surface area contributed by atoms with Gasteiger partial charge in [0.05, 0.1) is 0 Å². The van der Waals surface area contributed by atoms with Crippen molar-refractivity contribution in [2.45, 2.75) is 13.0 Å². The second-order valence-corrected chi connectivity index (χ2v) is 4.46. The van der Waals surface area contributed by atoms with Crippen molar-refractivity contribution in [3.8, 4) is 0 Å². The molecular formula is C11H16ClN3. The number of piperazine rings is 1. The molecule has 3 nitrogen and oxygen atoms in total. The van der Waals surface area contributed by atoms with Crippen LogP contribution in [0.4, 0.5) is 0 Å². The molecule has 0 radical (unpaired) electrons. The molecule has 2 rings (SSSR count). The minimum absolute atomic E-state index is 0.383. The molecule has 82 valence electrons. The lowest BCUT2D eigenvalue weighted by Gasteiger charge is -2.31. The predicted octanol–water partition coefficient (Wildman–Crippen LogP) is 1.62. The molecule has 1 aliphatic rings. The molecule has 0 aliphatic carbocycles. The minimum atomic E-state index is 0.383. The summed E-state index contributed by atoms with van der Waals surface area (Å²) in [7, 11) is 2.15. The molecule has 0 spiro atoms. The van der Waals surface area contributed by atoms with Crippen LogP contribution in [0.3, 0.4) is 0 Å². The molecule has 1 N–H and O–H groups in total. The molecule has 15 heavy (non-hydrogen) atoms. The van der Waals surface area contributed by atoms with Crippen LogP contribution in [0, 0.1) is 6.92 Å². The van der Waals surface area contributed by atoms with Crippen molar-refractivity contribution in [1.82, 2.24) is 15.2 Å². The number of hydrogen-bond donors (Lipinski definition) is 1. The topological polar surface area (TPSA) is 28.2 Å². The van der Waals surface area contributed by atoms with Crippen molar-refractivity contribution < 1.29 is 0 Å². The molecule has 0 amide bonds. The van der Waals surface area contributed by atoms with Crippen molar-refractivity contribution in [3.63, 3.8) is 0 Å². The third-order valence-electron chi connectivity index (χ3n) is 2.85. The van der Waals surface area contributed by atoms with Crippen LogP contribution in [0.15, 0.2) is 12.1 Å². The Bertz CT molecular complexity index is 354. The van der Waals surface area contributed by atoms with E-state index in [4.69, 9.17) is 11.6 Å². The third-order valence-corrected chi connectivity index (χ3v) is 3.06. The molecule has 4 heteroatoms. The van der Waals surface area contributed by atoms with Crippen LogP contribution in [0.25, 0.3) is 0 Å². The summed E-state index contributed by atoms with van der Waals surface area (Å²) < 4.78 is 0. The highest BCUT2D eigenvalue weighted by molar-refractivity contribution is 6.29. The van der Waals surface area contributed by atoms with Crippen molar-refractivity contribution in [2.75, 3.05) is 26.7 Å². The van der Waals surface area contributed by atoms with E-state index >= 15 is 0 Å². The minimum Gasteiger partial charge on any atom is -0.308 e. The summed E-state index contributed by atoms with van der Waals surface area (Å²) >= 11 is 5.84. The first-order valence-electron chi connectivity index (χ1n) is 5.22. The van der Waals surface area contributed by atoms with Crippen molar-refractivity contribution in [1.29, 1.82) is 0 Å². The highest BCUT2D eigenvalue weighted by atomic mass is 35.5. The molecule has 0 bridgehead atoms. The van der Waals surface area contributed by atoms with Crippen LogP contribution in [0.1, 0.15) is 17.3 Å². The summed E-state index contributed by atoms with van der Waals surface area (Å²) in [5.74, 6) is 0. The fourth-order valence-corrected chi connectivity index (χ4v) is 2.20. The van der Waals surface area contributed by atoms with E-state index in [2.05, 4.69) is 28.3 Å². The Morgan fingerprint density at radius 2 is 2.33 bits per heavy atom. The van der Waals surface area contributed by atoms with Gasteiger partial charge in [-0.3, -0.25) is 0 Å². The standard InChI is InChI=1S/C11H16ClN3/c1-8-9(3-4-11(12)14-8)10-7-15(2)6-5-13-10/h3-4,10,13H,5-7H2,1-2H3. The Kier molecular flexibility index (Phi) is 3.24. The second-order valence-electron chi connectivity index (χ2n) is 4.08. The zero-order valence-electron chi connectivity index (χ0n) is 9.13. The van der Waals surface area contributed by atoms with Gasteiger partial charge in [0.25, 0.3) is 0 Å². The van der Waals surface area contributed by atoms with E-state index in [0.717, 1.165) is 25.3 Å². The van der Waals surface area contributed by atoms with Gasteiger partial charge in [-0.1, -0.05) is 17.7 Å². The Labute approximate surface area is 95.4 Å². The number of hydrogen-bond acceptors (Lipinski definition) is 3. The van der Waals surface area contributed by atoms with Gasteiger partial charge in [-0.25, -0.2) is 4.98 Å². The average Bonchev–Trinajstić information content (AvgIpc) is 2.17. The molecule has 1 aromatic heterocycles. The maximum Gasteiger partial charge on any atom is 0.129 e. The Morgan fingerprint density at radius 3 is 3.00 bits per heavy atom. The van der Waals surface area contributed by atoms with E-state index < -0.39 is 0 Å². The van der Waals surface area contributed by atoms with Crippen molar-refractivity contribution in [3.05, 3.63) is 28.5 Å². The van der Waals surface area contributed by atoms with Gasteiger partial charge >= 0.3 is 0 Å². The van der Waals surface area contributed by atoms with Crippen LogP contribution < -0.4 is 5.32 Å². The predicted molar refractivity (Wildman–Crippen MR) is 62.2 cm³/mol. The zero-order chi connectivity index (χ0) is 10.8. The highest BCUT2D eigenvalue weighted by Gasteiger charge is 2.19. The van der Waals surface area contributed by atoms with Crippen LogP contribution in [0.2, 0.25) is 5.15 Å². The first-order valence-corrected chi connectivity index (χ1v) is 5.59. The van der Waals surface area contributed by atoms with E-state index in [1.54, 1.807) is 0 Å². The SMILES string of the molecule is Cc1nc(Cl)ccc1C1CN(C)CCN1. The molecule has 1 aromatic rings. The number of halogens is 1. The Balaban J connectivity index is 2.21. The van der Waals surface area contributed by atoms with Gasteiger partial charge in [-0.05, 0) is 25.6 Å². The van der Waals surface area contributed by atoms with E-state index in [1.165, 1.54) is 5.56 Å². The fourth-order valence-electron chi connectivity index (χ4n) is 2.01. The van der Waals surface area contributed by atoms with E-state index in [0.29, 0.717) is 11.2 Å². The molecule has 1 unspecified atom stereocenters. The number of rotatable bonds is 1. The molecule has 0 aromatic carbocycles. The number of nitrogens with one attached hydrogen (secondary N) is 1. The van der Waals surface area contributed by atoms with E-state index in [-0.39, 0.29) is 0 Å². The number of pyridine rings is 1. The summed E-state index contributed by atoms with van der Waals surface area (Å²) in [4.78, 5) is 6.61. The molecule has 2 heterocycles. The Morgan fingerprint density at radius 1 is 1.53 bits per heavy atom. The van der Waals surface area contributed by atoms with Gasteiger partial charge in [0.15, 0.2) is 0 Å². The fraction of sp³-hybridized carbons (Fsp3) is 0.545. The first kappa shape index (κ1) is 10.9. The van der Waals surface area contributed by atoms with Gasteiger partial charge in [-0.15, -0.1) is 0 Å². The lowest BCUT2D eigenvalue weighted by Crippen LogP contribution is -2.43. The monoisotopic (exact) mass is 225 g/mol. The molecule has 1 aliphatic heterocycles. The van der Waals surface area contributed by atoms with Gasteiger partial charge < -0.3 is 10.2 Å². The molecule has 0 saturated carbocycles. The molecular weight excluding hydrogens is 210 g/mol. The van der Waals surface area contributed by atoms with Gasteiger partial charge in [0.1, 0.15) is 5.15 Å². The van der Waals surface area contributed by atoms with Crippen molar-refractivity contribution in [2.24, 2.45) is 0 Å². The molecule has 1 saturated heterocycles. The normalized spacial score (nSPS) is 23.0. The maximum absolute atomic E-state index is 5.84. The Hall–Kier alpha value is -0.640. The molecule has 1 fully saturated rings. The largest absolute Gasteiger partial charge is 0.308 e. The molecule has 1 atom stereocenters. The number of aromatic nitrogens is 1. The highest BCUT2D eigenvalue weighted by Crippen LogP contribution is 2.20. The van der Waals surface area contributed by atoms with Crippen LogP contribution >= 0.6 is 11.6 Å². The van der Waals surface area contributed by atoms with Crippen LogP contribution in [-0.4, -0.2) is 36.6 Å². The second kappa shape index (κ2) is 4.47. The summed E-state index contributed by atoms with van der Waals surface area (Å²) in [6, 6.07) is 4.32. The van der Waals surface area contributed by atoms with Crippen molar-refractivity contribution >= 4 is 11.6 Å². The average molecular weight is 226 g/mol. The van der Waals surface area contributed by atoms with Crippen LogP contribution in [-0.2, 0) is 0 Å². The zero-order valence-corrected chi connectivity index (χ0v) is 9.88. The van der Waals surface area contributed by atoms with Crippen LogP contribution in [0.5, 0.6) is 0 Å². The quantitative estimate of drug-likeness (QED) is 0.737. The smallest absolute Gasteiger partial charge is 0.129 e. The lowest BCUT2D eigenvalue weighted by molar-refractivity contribution is 0.240. The number of aryl methyl sites for hydroxylation is 1. The number of likely N-dealkylation sites (N-methyl/N-ethyl adjacent to an activating group) is 1. The third kappa shape index (κ3) is 2.48. The summed E-state index contributed by atoms with van der Waals surface area (Å²) in [6.07, 6.45) is 0. The maximum atomic E-state index is 5.84. The van der Waals surface area contributed by atoms with E-state index in [1.807, 2.05) is 13.0 Å². The van der Waals surface area contributed by atoms with Gasteiger partial charge in [-0.2, -0.15) is 0 Å². The summed E-state index contributed by atoms with van der Waals surface area (Å²) in [5.41, 5.74) is 2.28. The van der Waals surface area contributed by atoms with E-state index in [9.17, 15) is 0 Å². The summed E-state index contributed by atoms with van der Waals surface area (Å²) in [5, 5.41) is 4.07. The van der Waals surface area contributed by atoms with Gasteiger partial charge in [0.2, 0.25) is 0 Å². The summed E-state index contributed by atoms with van der Waals surface area (Å²) in [6.45, 7) is 5.18. The van der Waals surface area contributed by atoms with Gasteiger partial charge in [0, 0.05) is 31.4 Å². The lowest BCUT2D eigenvalue weighted by atomic mass is 10.0. The number of nitrogens with zero attached hydrogens (tertiary/aromatic N) is 2. The first-order chi connectivity index (χ1) is 7.16.